The molecular formula is C13H8F6N2O. The lowest BCUT2D eigenvalue weighted by Crippen LogP contribution is -2.17. The molecule has 0 fully saturated rings. The number of aryl methyl sites for hydroxylation is 1. The molecule has 0 bridgehead atoms. The van der Waals surface area contributed by atoms with Gasteiger partial charge in [0.2, 0.25) is 0 Å². The quantitative estimate of drug-likeness (QED) is 0.770. The molecular weight excluding hydrogens is 314 g/mol. The lowest BCUT2D eigenvalue weighted by atomic mass is 10.2. The van der Waals surface area contributed by atoms with Crippen LogP contribution in [0.3, 0.4) is 0 Å². The van der Waals surface area contributed by atoms with Crippen LogP contribution in [0, 0.1) is 6.92 Å². The number of aromatic nitrogens is 2. The van der Waals surface area contributed by atoms with E-state index in [2.05, 4.69) is 14.7 Å². The molecule has 3 nitrogen and oxygen atoms in total. The predicted octanol–water partition coefficient (Wildman–Crippen LogP) is 4.37. The zero-order valence-electron chi connectivity index (χ0n) is 11.0. The average molecular weight is 322 g/mol. The van der Waals surface area contributed by atoms with Crippen LogP contribution in [0.15, 0.2) is 30.5 Å². The Morgan fingerprint density at radius 2 is 1.55 bits per heavy atom. The second kappa shape index (κ2) is 5.47. The molecule has 2 rings (SSSR count). The lowest BCUT2D eigenvalue weighted by molar-refractivity contribution is -0.274. The molecule has 0 saturated heterocycles. The second-order valence-corrected chi connectivity index (χ2v) is 4.30. The Kier molecular flexibility index (Phi) is 3.99. The summed E-state index contributed by atoms with van der Waals surface area (Å²) in [7, 11) is 0. The first-order chi connectivity index (χ1) is 10.1. The molecule has 1 aromatic heterocycles. The SMILES string of the molecule is Cc1cnc(-c2ccc(OC(F)(F)F)cc2)nc1C(F)(F)F. The molecule has 0 atom stereocenters. The summed E-state index contributed by atoms with van der Waals surface area (Å²) < 4.78 is 78.0. The van der Waals surface area contributed by atoms with Crippen molar-refractivity contribution in [1.82, 2.24) is 9.97 Å². The third kappa shape index (κ3) is 3.86. The summed E-state index contributed by atoms with van der Waals surface area (Å²) in [6.45, 7) is 1.22. The zero-order valence-corrected chi connectivity index (χ0v) is 11.0. The maximum atomic E-state index is 12.8. The Morgan fingerprint density at radius 3 is 2.05 bits per heavy atom. The van der Waals surface area contributed by atoms with Gasteiger partial charge in [-0.05, 0) is 36.8 Å². The van der Waals surface area contributed by atoms with Gasteiger partial charge in [-0.1, -0.05) is 0 Å². The first kappa shape index (κ1) is 16.1. The van der Waals surface area contributed by atoms with Gasteiger partial charge >= 0.3 is 12.5 Å². The van der Waals surface area contributed by atoms with Crippen LogP contribution in [0.25, 0.3) is 11.4 Å². The minimum Gasteiger partial charge on any atom is -0.406 e. The highest BCUT2D eigenvalue weighted by molar-refractivity contribution is 5.56. The average Bonchev–Trinajstić information content (AvgIpc) is 2.37. The van der Waals surface area contributed by atoms with Crippen molar-refractivity contribution in [1.29, 1.82) is 0 Å². The van der Waals surface area contributed by atoms with E-state index in [4.69, 9.17) is 0 Å². The Morgan fingerprint density at radius 1 is 0.955 bits per heavy atom. The Hall–Kier alpha value is -2.32. The normalized spacial score (nSPS) is 12.3. The maximum absolute atomic E-state index is 12.8. The van der Waals surface area contributed by atoms with Crippen LogP contribution in [0.4, 0.5) is 26.3 Å². The molecule has 0 radical (unpaired) electrons. The number of benzene rings is 1. The molecule has 22 heavy (non-hydrogen) atoms. The highest BCUT2D eigenvalue weighted by Crippen LogP contribution is 2.31. The van der Waals surface area contributed by atoms with Crippen LogP contribution in [-0.2, 0) is 6.18 Å². The Balaban J connectivity index is 2.33. The van der Waals surface area contributed by atoms with Gasteiger partial charge in [0.1, 0.15) is 5.75 Å². The monoisotopic (exact) mass is 322 g/mol. The first-order valence-corrected chi connectivity index (χ1v) is 5.83. The van der Waals surface area contributed by atoms with Crippen molar-refractivity contribution in [2.24, 2.45) is 0 Å². The summed E-state index contributed by atoms with van der Waals surface area (Å²) in [5.41, 5.74) is -1.10. The lowest BCUT2D eigenvalue weighted by Gasteiger charge is -2.11. The number of rotatable bonds is 2. The standard InChI is InChI=1S/C13H8F6N2O/c1-7-6-20-11(21-10(7)12(14,15)16)8-2-4-9(5-3-8)22-13(17,18)19/h2-6H,1H3. The summed E-state index contributed by atoms with van der Waals surface area (Å²) >= 11 is 0. The predicted molar refractivity (Wildman–Crippen MR) is 63.9 cm³/mol. The van der Waals surface area contributed by atoms with Crippen LogP contribution >= 0.6 is 0 Å². The number of alkyl halides is 6. The van der Waals surface area contributed by atoms with Crippen LogP contribution in [0.2, 0.25) is 0 Å². The summed E-state index contributed by atoms with van der Waals surface area (Å²) in [5.74, 6) is -0.726. The highest BCUT2D eigenvalue weighted by Gasteiger charge is 2.35. The topological polar surface area (TPSA) is 35.0 Å². The molecule has 0 unspecified atom stereocenters. The van der Waals surface area contributed by atoms with Crippen molar-refractivity contribution in [2.75, 3.05) is 0 Å². The van der Waals surface area contributed by atoms with Gasteiger partial charge in [0.05, 0.1) is 0 Å². The van der Waals surface area contributed by atoms with Crippen LogP contribution in [-0.4, -0.2) is 16.3 Å². The van der Waals surface area contributed by atoms with Gasteiger partial charge in [-0.15, -0.1) is 13.2 Å². The molecule has 0 aliphatic carbocycles. The van der Waals surface area contributed by atoms with E-state index in [1.165, 1.54) is 6.92 Å². The van der Waals surface area contributed by atoms with E-state index < -0.39 is 24.0 Å². The number of hydrogen-bond donors (Lipinski definition) is 0. The van der Waals surface area contributed by atoms with Crippen LogP contribution in [0.1, 0.15) is 11.3 Å². The molecule has 0 aliphatic heterocycles. The van der Waals surface area contributed by atoms with Gasteiger partial charge in [0.25, 0.3) is 0 Å². The fourth-order valence-electron chi connectivity index (χ4n) is 1.67. The third-order valence-corrected chi connectivity index (χ3v) is 2.59. The molecule has 2 aromatic rings. The second-order valence-electron chi connectivity index (χ2n) is 4.30. The van der Waals surface area contributed by atoms with E-state index in [-0.39, 0.29) is 17.0 Å². The van der Waals surface area contributed by atoms with E-state index >= 15 is 0 Å². The van der Waals surface area contributed by atoms with E-state index in [1.807, 2.05) is 0 Å². The summed E-state index contributed by atoms with van der Waals surface area (Å²) in [4.78, 5) is 7.17. The summed E-state index contributed by atoms with van der Waals surface area (Å²) in [6.07, 6.45) is -8.47. The van der Waals surface area contributed by atoms with Gasteiger partial charge < -0.3 is 4.74 Å². The minimum atomic E-state index is -4.84. The molecule has 0 N–H and O–H groups in total. The molecule has 1 heterocycles. The fraction of sp³-hybridized carbons (Fsp3) is 0.231. The van der Waals surface area contributed by atoms with Crippen molar-refractivity contribution in [3.8, 4) is 17.1 Å². The molecule has 0 amide bonds. The third-order valence-electron chi connectivity index (χ3n) is 2.59. The number of nitrogens with zero attached hydrogens (tertiary/aromatic N) is 2. The maximum Gasteiger partial charge on any atom is 0.573 e. The van der Waals surface area contributed by atoms with Crippen molar-refractivity contribution in [2.45, 2.75) is 19.5 Å². The van der Waals surface area contributed by atoms with E-state index in [0.29, 0.717) is 0 Å². The molecule has 1 aromatic carbocycles. The summed E-state index contributed by atoms with van der Waals surface area (Å²) in [6, 6.07) is 4.23. The van der Waals surface area contributed by atoms with Gasteiger partial charge in [-0.2, -0.15) is 13.2 Å². The Labute approximate surface area is 120 Å². The molecule has 0 saturated carbocycles. The van der Waals surface area contributed by atoms with Gasteiger partial charge in [-0.3, -0.25) is 0 Å². The van der Waals surface area contributed by atoms with E-state index in [1.54, 1.807) is 0 Å². The van der Waals surface area contributed by atoms with Gasteiger partial charge in [0.15, 0.2) is 11.5 Å². The molecule has 9 heteroatoms. The van der Waals surface area contributed by atoms with Crippen molar-refractivity contribution in [3.63, 3.8) is 0 Å². The molecule has 0 spiro atoms. The smallest absolute Gasteiger partial charge is 0.406 e. The largest absolute Gasteiger partial charge is 0.573 e. The molecule has 0 aliphatic rings. The zero-order chi connectivity index (χ0) is 16.5. The number of ether oxygens (including phenoxy) is 1. The number of hydrogen-bond acceptors (Lipinski definition) is 3. The highest BCUT2D eigenvalue weighted by atomic mass is 19.4. The van der Waals surface area contributed by atoms with Crippen LogP contribution < -0.4 is 4.74 Å². The molecule has 118 valence electrons. The van der Waals surface area contributed by atoms with E-state index in [9.17, 15) is 26.3 Å². The minimum absolute atomic E-state index is 0.139. The van der Waals surface area contributed by atoms with Crippen molar-refractivity contribution >= 4 is 0 Å². The van der Waals surface area contributed by atoms with Crippen molar-refractivity contribution in [3.05, 3.63) is 41.7 Å². The Bertz CT molecular complexity index is 664. The summed E-state index contributed by atoms with van der Waals surface area (Å²) in [5, 5.41) is 0. The number of halogens is 6. The van der Waals surface area contributed by atoms with Crippen LogP contribution in [0.5, 0.6) is 5.75 Å². The van der Waals surface area contributed by atoms with Gasteiger partial charge in [0, 0.05) is 11.8 Å². The van der Waals surface area contributed by atoms with Gasteiger partial charge in [-0.25, -0.2) is 9.97 Å². The first-order valence-electron chi connectivity index (χ1n) is 5.83. The van der Waals surface area contributed by atoms with Crippen molar-refractivity contribution < 1.29 is 31.1 Å². The fourth-order valence-corrected chi connectivity index (χ4v) is 1.67. The van der Waals surface area contributed by atoms with E-state index in [0.717, 1.165) is 30.5 Å².